The summed E-state index contributed by atoms with van der Waals surface area (Å²) in [4.78, 5) is 0. The highest BCUT2D eigenvalue weighted by atomic mass is 32.2. The van der Waals surface area contributed by atoms with E-state index in [0.717, 1.165) is 25.7 Å². The van der Waals surface area contributed by atoms with E-state index < -0.39 is 11.1 Å². The van der Waals surface area contributed by atoms with Gasteiger partial charge in [-0.25, -0.2) is 0 Å². The zero-order chi connectivity index (χ0) is 8.10. The zero-order valence-corrected chi connectivity index (χ0v) is 7.31. The molecule has 0 aromatic heterocycles. The molecule has 2 atom stereocenters. The Morgan fingerprint density at radius 2 is 2.36 bits per heavy atom. The first-order valence-corrected chi connectivity index (χ1v) is 5.24. The van der Waals surface area contributed by atoms with Crippen molar-refractivity contribution in [1.82, 2.24) is 0 Å². The van der Waals surface area contributed by atoms with Crippen LogP contribution in [0.3, 0.4) is 0 Å². The largest absolute Gasteiger partial charge is 0.772 e. The Balaban J connectivity index is 2.16. The van der Waals surface area contributed by atoms with Crippen molar-refractivity contribution in [3.05, 3.63) is 12.2 Å². The fraction of sp³-hybridized carbons (Fsp3) is 0.750. The molecule has 0 fully saturated rings. The third kappa shape index (κ3) is 3.68. The molecule has 0 amide bonds. The van der Waals surface area contributed by atoms with Crippen molar-refractivity contribution in [3.63, 3.8) is 0 Å². The first-order valence-electron chi connectivity index (χ1n) is 4.00. The standard InChI is InChI=1S/C8H14O2S/c9-11(10)7-6-8-4-2-1-3-5-8/h1-2,8H,3-7H2,(H,9,10)/p-1. The molecule has 0 heterocycles. The second-order valence-electron chi connectivity index (χ2n) is 2.95. The Kier molecular flexibility index (Phi) is 3.80. The molecule has 0 radical (unpaired) electrons. The van der Waals surface area contributed by atoms with Crippen LogP contribution in [0.5, 0.6) is 0 Å². The predicted octanol–water partition coefficient (Wildman–Crippen LogP) is 1.61. The molecule has 0 bridgehead atoms. The quantitative estimate of drug-likeness (QED) is 0.480. The summed E-state index contributed by atoms with van der Waals surface area (Å²) in [6.45, 7) is 0. The Morgan fingerprint density at radius 3 is 2.91 bits per heavy atom. The second-order valence-corrected chi connectivity index (χ2v) is 3.96. The van der Waals surface area contributed by atoms with Crippen LogP contribution in [0.4, 0.5) is 0 Å². The van der Waals surface area contributed by atoms with Crippen LogP contribution in [-0.2, 0) is 11.1 Å². The lowest BCUT2D eigenvalue weighted by molar-refractivity contribution is 0.457. The summed E-state index contributed by atoms with van der Waals surface area (Å²) in [5.74, 6) is 0.941. The van der Waals surface area contributed by atoms with Gasteiger partial charge in [0, 0.05) is 5.75 Å². The molecule has 11 heavy (non-hydrogen) atoms. The van der Waals surface area contributed by atoms with Gasteiger partial charge in [0.15, 0.2) is 0 Å². The van der Waals surface area contributed by atoms with Crippen LogP contribution in [-0.4, -0.2) is 14.5 Å². The Bertz CT molecular complexity index is 165. The van der Waals surface area contributed by atoms with Crippen LogP contribution in [0, 0.1) is 5.92 Å². The van der Waals surface area contributed by atoms with Crippen LogP contribution >= 0.6 is 0 Å². The summed E-state index contributed by atoms with van der Waals surface area (Å²) in [6.07, 6.45) is 8.51. The fourth-order valence-corrected chi connectivity index (χ4v) is 1.91. The third-order valence-electron chi connectivity index (χ3n) is 2.07. The van der Waals surface area contributed by atoms with E-state index in [1.54, 1.807) is 0 Å². The van der Waals surface area contributed by atoms with Crippen molar-refractivity contribution in [2.24, 2.45) is 5.92 Å². The van der Waals surface area contributed by atoms with Gasteiger partial charge in [-0.05, 0) is 31.6 Å². The summed E-state index contributed by atoms with van der Waals surface area (Å²) in [7, 11) is 0. The number of rotatable bonds is 3. The molecule has 0 saturated carbocycles. The van der Waals surface area contributed by atoms with Crippen LogP contribution in [0.15, 0.2) is 12.2 Å². The third-order valence-corrected chi connectivity index (χ3v) is 2.64. The van der Waals surface area contributed by atoms with Crippen molar-refractivity contribution < 1.29 is 8.76 Å². The molecule has 0 spiro atoms. The highest BCUT2D eigenvalue weighted by Crippen LogP contribution is 2.21. The van der Waals surface area contributed by atoms with Crippen molar-refractivity contribution in [2.75, 3.05) is 5.75 Å². The minimum absolute atomic E-state index is 0.332. The van der Waals surface area contributed by atoms with Gasteiger partial charge in [0.25, 0.3) is 0 Å². The van der Waals surface area contributed by atoms with Crippen LogP contribution in [0.1, 0.15) is 25.7 Å². The molecule has 1 rings (SSSR count). The highest BCUT2D eigenvalue weighted by molar-refractivity contribution is 7.79. The van der Waals surface area contributed by atoms with Crippen LogP contribution in [0.2, 0.25) is 0 Å². The normalized spacial score (nSPS) is 26.8. The molecular formula is C8H13O2S-. The molecule has 0 aliphatic heterocycles. The minimum atomic E-state index is -1.84. The molecule has 0 aromatic rings. The second kappa shape index (κ2) is 4.67. The van der Waals surface area contributed by atoms with Crippen LogP contribution < -0.4 is 0 Å². The molecule has 1 aliphatic carbocycles. The summed E-state index contributed by atoms with van der Waals surface area (Å²) >= 11 is -1.84. The lowest BCUT2D eigenvalue weighted by Gasteiger charge is -2.17. The molecule has 0 saturated heterocycles. The summed E-state index contributed by atoms with van der Waals surface area (Å²) in [5, 5.41) is 0. The predicted molar refractivity (Wildman–Crippen MR) is 44.9 cm³/mol. The average Bonchev–Trinajstić information content (AvgIpc) is 2.03. The van der Waals surface area contributed by atoms with Gasteiger partial charge in [-0.3, -0.25) is 4.21 Å². The molecule has 2 unspecified atom stereocenters. The maximum Gasteiger partial charge on any atom is 0.0104 e. The molecule has 0 N–H and O–H groups in total. The van der Waals surface area contributed by atoms with E-state index in [1.165, 1.54) is 0 Å². The van der Waals surface area contributed by atoms with E-state index in [9.17, 15) is 8.76 Å². The smallest absolute Gasteiger partial charge is 0.0104 e. The van der Waals surface area contributed by atoms with Crippen molar-refractivity contribution >= 4 is 11.1 Å². The van der Waals surface area contributed by atoms with Gasteiger partial charge in [-0.2, -0.15) is 0 Å². The van der Waals surface area contributed by atoms with E-state index in [0.29, 0.717) is 11.7 Å². The molecule has 64 valence electrons. The van der Waals surface area contributed by atoms with Gasteiger partial charge in [0.05, 0.1) is 0 Å². The average molecular weight is 173 g/mol. The molecule has 2 nitrogen and oxygen atoms in total. The minimum Gasteiger partial charge on any atom is -0.772 e. The molecule has 0 aromatic carbocycles. The van der Waals surface area contributed by atoms with Gasteiger partial charge in [0.1, 0.15) is 0 Å². The monoisotopic (exact) mass is 173 g/mol. The maximum atomic E-state index is 10.2. The van der Waals surface area contributed by atoms with Gasteiger partial charge < -0.3 is 4.55 Å². The Hall–Kier alpha value is -0.150. The van der Waals surface area contributed by atoms with Crippen molar-refractivity contribution in [2.45, 2.75) is 25.7 Å². The topological polar surface area (TPSA) is 40.1 Å². The number of allylic oxidation sites excluding steroid dienone is 2. The van der Waals surface area contributed by atoms with Gasteiger partial charge in [-0.15, -0.1) is 0 Å². The number of hydrogen-bond acceptors (Lipinski definition) is 2. The summed E-state index contributed by atoms with van der Waals surface area (Å²) in [5.41, 5.74) is 0. The molecule has 3 heteroatoms. The van der Waals surface area contributed by atoms with Gasteiger partial charge in [0.2, 0.25) is 0 Å². The van der Waals surface area contributed by atoms with Crippen LogP contribution in [0.25, 0.3) is 0 Å². The SMILES string of the molecule is O=S([O-])CCC1CC=CCC1. The van der Waals surface area contributed by atoms with E-state index in [4.69, 9.17) is 0 Å². The molecule has 1 aliphatic rings. The first kappa shape index (κ1) is 8.94. The summed E-state index contributed by atoms with van der Waals surface area (Å²) in [6, 6.07) is 0. The lowest BCUT2D eigenvalue weighted by Crippen LogP contribution is -2.07. The van der Waals surface area contributed by atoms with Crippen molar-refractivity contribution in [1.29, 1.82) is 0 Å². The van der Waals surface area contributed by atoms with E-state index in [-0.39, 0.29) is 0 Å². The van der Waals surface area contributed by atoms with Gasteiger partial charge >= 0.3 is 0 Å². The summed E-state index contributed by atoms with van der Waals surface area (Å²) < 4.78 is 20.4. The fourth-order valence-electron chi connectivity index (χ4n) is 1.38. The van der Waals surface area contributed by atoms with E-state index in [1.807, 2.05) is 0 Å². The first-order chi connectivity index (χ1) is 5.29. The lowest BCUT2D eigenvalue weighted by atomic mass is 9.92. The molecular weight excluding hydrogens is 160 g/mol. The zero-order valence-electron chi connectivity index (χ0n) is 6.49. The van der Waals surface area contributed by atoms with Gasteiger partial charge in [-0.1, -0.05) is 23.2 Å². The van der Waals surface area contributed by atoms with E-state index >= 15 is 0 Å². The maximum absolute atomic E-state index is 10.2. The van der Waals surface area contributed by atoms with Crippen molar-refractivity contribution in [3.8, 4) is 0 Å². The Morgan fingerprint density at radius 1 is 1.55 bits per heavy atom. The Labute approximate surface area is 70.0 Å². The number of hydrogen-bond donors (Lipinski definition) is 0. The van der Waals surface area contributed by atoms with E-state index in [2.05, 4.69) is 12.2 Å². The highest BCUT2D eigenvalue weighted by Gasteiger charge is 2.08.